The van der Waals surface area contributed by atoms with Gasteiger partial charge in [0.15, 0.2) is 0 Å². The molecule has 0 aliphatic rings. The molecule has 0 aromatic heterocycles. The third kappa shape index (κ3) is 3.66. The van der Waals surface area contributed by atoms with Gasteiger partial charge in [-0.1, -0.05) is 55.2 Å². The lowest BCUT2D eigenvalue weighted by Gasteiger charge is -2.22. The minimum absolute atomic E-state index is 0.335. The van der Waals surface area contributed by atoms with Gasteiger partial charge in [-0.05, 0) is 6.04 Å². The summed E-state index contributed by atoms with van der Waals surface area (Å²) in [7, 11) is -1.47. The Morgan fingerprint density at radius 1 is 1.38 bits per heavy atom. The van der Waals surface area contributed by atoms with E-state index >= 15 is 0 Å². The number of rotatable bonds is 5. The van der Waals surface area contributed by atoms with E-state index in [2.05, 4.69) is 43.9 Å². The van der Waals surface area contributed by atoms with Gasteiger partial charge in [0.05, 0.1) is 14.7 Å². The molecule has 0 saturated heterocycles. The summed E-state index contributed by atoms with van der Waals surface area (Å²) in [6.07, 6.45) is 1.21. The van der Waals surface area contributed by atoms with Crippen LogP contribution in [0.15, 0.2) is 43.0 Å². The Hall–Kier alpha value is -1.35. The average Bonchev–Trinajstić information content (AvgIpc) is 2.30. The van der Waals surface area contributed by atoms with E-state index in [0.29, 0.717) is 6.61 Å². The van der Waals surface area contributed by atoms with Crippen molar-refractivity contribution in [3.8, 4) is 0 Å². The molecule has 0 N–H and O–H groups in total. The lowest BCUT2D eigenvalue weighted by molar-refractivity contribution is -0.137. The van der Waals surface area contributed by atoms with E-state index in [9.17, 15) is 4.79 Å². The highest BCUT2D eigenvalue weighted by Crippen LogP contribution is 2.09. The van der Waals surface area contributed by atoms with Gasteiger partial charge in [0.25, 0.3) is 0 Å². The number of carbonyl (C=O) groups is 1. The first-order chi connectivity index (χ1) is 7.56. The maximum Gasteiger partial charge on any atom is 0.330 e. The van der Waals surface area contributed by atoms with E-state index in [0.717, 1.165) is 6.04 Å². The molecule has 0 spiro atoms. The summed E-state index contributed by atoms with van der Waals surface area (Å²) in [6, 6.07) is 11.4. The van der Waals surface area contributed by atoms with Crippen LogP contribution in [0.5, 0.6) is 0 Å². The van der Waals surface area contributed by atoms with Crippen LogP contribution in [0, 0.1) is 0 Å². The zero-order chi connectivity index (χ0) is 12.0. The Balaban J connectivity index is 2.52. The molecule has 1 rings (SSSR count). The molecule has 0 fully saturated rings. The van der Waals surface area contributed by atoms with Crippen molar-refractivity contribution in [2.75, 3.05) is 6.61 Å². The normalized spacial score (nSPS) is 10.9. The summed E-state index contributed by atoms with van der Waals surface area (Å²) >= 11 is 0. The van der Waals surface area contributed by atoms with Crippen LogP contribution >= 0.6 is 0 Å². The second-order valence-corrected chi connectivity index (χ2v) is 9.22. The Morgan fingerprint density at radius 3 is 2.56 bits per heavy atom. The van der Waals surface area contributed by atoms with Gasteiger partial charge in [-0.3, -0.25) is 0 Å². The molecular formula is C13H18O2Si. The van der Waals surface area contributed by atoms with Crippen LogP contribution in [-0.2, 0) is 9.53 Å². The van der Waals surface area contributed by atoms with Crippen molar-refractivity contribution in [3.05, 3.63) is 43.0 Å². The molecule has 1 aromatic carbocycles. The Labute approximate surface area is 98.0 Å². The summed E-state index contributed by atoms with van der Waals surface area (Å²) in [6.45, 7) is 8.42. The number of ether oxygens (including phenoxy) is 1. The predicted molar refractivity (Wildman–Crippen MR) is 69.5 cm³/mol. The monoisotopic (exact) mass is 234 g/mol. The molecule has 0 atom stereocenters. The van der Waals surface area contributed by atoms with Gasteiger partial charge in [-0.25, -0.2) is 4.79 Å². The van der Waals surface area contributed by atoms with Crippen molar-refractivity contribution in [2.45, 2.75) is 19.1 Å². The maximum atomic E-state index is 10.9. The number of esters is 1. The van der Waals surface area contributed by atoms with Crippen molar-refractivity contribution in [2.24, 2.45) is 0 Å². The SMILES string of the molecule is C=CC(=O)OCC[Si](C)(C)c1ccccc1. The van der Waals surface area contributed by atoms with E-state index in [1.165, 1.54) is 11.3 Å². The van der Waals surface area contributed by atoms with Crippen LogP contribution in [0.2, 0.25) is 19.1 Å². The lowest BCUT2D eigenvalue weighted by atomic mass is 10.4. The van der Waals surface area contributed by atoms with E-state index < -0.39 is 8.07 Å². The predicted octanol–water partition coefficient (Wildman–Crippen LogP) is 2.33. The quantitative estimate of drug-likeness (QED) is 0.444. The van der Waals surface area contributed by atoms with Crippen molar-refractivity contribution in [3.63, 3.8) is 0 Å². The van der Waals surface area contributed by atoms with Crippen LogP contribution in [-0.4, -0.2) is 20.7 Å². The Bertz CT molecular complexity index is 357. The standard InChI is InChI=1S/C13H18O2Si/c1-4-13(14)15-10-11-16(2,3)12-8-6-5-7-9-12/h4-9H,1,10-11H2,2-3H3. The summed E-state index contributed by atoms with van der Waals surface area (Å²) in [5.74, 6) is -0.335. The minimum Gasteiger partial charge on any atom is -0.463 e. The molecule has 0 saturated carbocycles. The van der Waals surface area contributed by atoms with Crippen LogP contribution in [0.25, 0.3) is 0 Å². The average molecular weight is 234 g/mol. The number of hydrogen-bond acceptors (Lipinski definition) is 2. The number of hydrogen-bond donors (Lipinski definition) is 0. The van der Waals surface area contributed by atoms with Gasteiger partial charge in [-0.2, -0.15) is 0 Å². The maximum absolute atomic E-state index is 10.9. The molecule has 0 heterocycles. The first-order valence-corrected chi connectivity index (χ1v) is 8.62. The number of carbonyl (C=O) groups excluding carboxylic acids is 1. The highest BCUT2D eigenvalue weighted by molar-refractivity contribution is 6.89. The van der Waals surface area contributed by atoms with Crippen LogP contribution < -0.4 is 5.19 Å². The largest absolute Gasteiger partial charge is 0.463 e. The molecular weight excluding hydrogens is 216 g/mol. The highest BCUT2D eigenvalue weighted by Gasteiger charge is 2.22. The highest BCUT2D eigenvalue weighted by atomic mass is 28.3. The smallest absolute Gasteiger partial charge is 0.330 e. The summed E-state index contributed by atoms with van der Waals surface area (Å²) in [5.41, 5.74) is 0. The Kier molecular flexibility index (Phi) is 4.49. The number of benzene rings is 1. The fraction of sp³-hybridized carbons (Fsp3) is 0.308. The van der Waals surface area contributed by atoms with Crippen LogP contribution in [0.1, 0.15) is 0 Å². The van der Waals surface area contributed by atoms with Gasteiger partial charge in [0.1, 0.15) is 0 Å². The Morgan fingerprint density at radius 2 is 2.00 bits per heavy atom. The molecule has 2 nitrogen and oxygen atoms in total. The molecule has 0 aliphatic heterocycles. The van der Waals surface area contributed by atoms with E-state index in [1.54, 1.807) is 0 Å². The van der Waals surface area contributed by atoms with E-state index in [-0.39, 0.29) is 5.97 Å². The van der Waals surface area contributed by atoms with Gasteiger partial charge in [-0.15, -0.1) is 0 Å². The van der Waals surface area contributed by atoms with Crippen molar-refractivity contribution >= 4 is 19.2 Å². The fourth-order valence-corrected chi connectivity index (χ4v) is 3.50. The lowest BCUT2D eigenvalue weighted by Crippen LogP contribution is -2.42. The molecule has 0 aliphatic carbocycles. The summed E-state index contributed by atoms with van der Waals surface area (Å²) in [5, 5.41) is 1.39. The first-order valence-electron chi connectivity index (χ1n) is 5.41. The van der Waals surface area contributed by atoms with Gasteiger partial charge in [0.2, 0.25) is 0 Å². The topological polar surface area (TPSA) is 26.3 Å². The minimum atomic E-state index is -1.47. The van der Waals surface area contributed by atoms with Gasteiger partial charge < -0.3 is 4.74 Å². The van der Waals surface area contributed by atoms with Gasteiger partial charge >= 0.3 is 5.97 Å². The zero-order valence-corrected chi connectivity index (χ0v) is 10.9. The van der Waals surface area contributed by atoms with Crippen molar-refractivity contribution in [1.29, 1.82) is 0 Å². The molecule has 0 unspecified atom stereocenters. The summed E-state index contributed by atoms with van der Waals surface area (Å²) in [4.78, 5) is 10.9. The molecule has 0 bridgehead atoms. The molecule has 16 heavy (non-hydrogen) atoms. The third-order valence-corrected chi connectivity index (χ3v) is 6.04. The second kappa shape index (κ2) is 5.65. The molecule has 0 radical (unpaired) electrons. The summed E-state index contributed by atoms with van der Waals surface area (Å²) < 4.78 is 5.03. The molecule has 0 amide bonds. The van der Waals surface area contributed by atoms with Crippen molar-refractivity contribution < 1.29 is 9.53 Å². The van der Waals surface area contributed by atoms with Gasteiger partial charge in [0, 0.05) is 6.08 Å². The van der Waals surface area contributed by atoms with Crippen LogP contribution in [0.3, 0.4) is 0 Å². The fourth-order valence-electron chi connectivity index (χ4n) is 1.50. The van der Waals surface area contributed by atoms with E-state index in [1.807, 2.05) is 6.07 Å². The molecule has 3 heteroatoms. The third-order valence-electron chi connectivity index (χ3n) is 2.69. The molecule has 86 valence electrons. The zero-order valence-electron chi connectivity index (χ0n) is 9.90. The second-order valence-electron chi connectivity index (χ2n) is 4.37. The molecule has 1 aromatic rings. The van der Waals surface area contributed by atoms with Crippen LogP contribution in [0.4, 0.5) is 0 Å². The van der Waals surface area contributed by atoms with Crippen molar-refractivity contribution in [1.82, 2.24) is 0 Å². The van der Waals surface area contributed by atoms with E-state index in [4.69, 9.17) is 4.74 Å². The first kappa shape index (κ1) is 12.7.